The second kappa shape index (κ2) is 11.7. The summed E-state index contributed by atoms with van der Waals surface area (Å²) in [6.07, 6.45) is 6.69. The molecule has 0 aliphatic carbocycles. The number of nitrogens with zero attached hydrogens (tertiary/aromatic N) is 2. The third-order valence-electron chi connectivity index (χ3n) is 5.00. The quantitative estimate of drug-likeness (QED) is 0.639. The molecule has 0 spiro atoms. The van der Waals surface area contributed by atoms with E-state index in [4.69, 9.17) is 23.2 Å². The van der Waals surface area contributed by atoms with Gasteiger partial charge in [0.25, 0.3) is 0 Å². The van der Waals surface area contributed by atoms with Crippen LogP contribution in [0.5, 0.6) is 0 Å². The maximum absolute atomic E-state index is 12.4. The lowest BCUT2D eigenvalue weighted by Gasteiger charge is -2.34. The monoisotopic (exact) mass is 457 g/mol. The fourth-order valence-corrected chi connectivity index (χ4v) is 3.43. The van der Waals surface area contributed by atoms with Gasteiger partial charge < -0.3 is 10.2 Å². The van der Waals surface area contributed by atoms with Gasteiger partial charge in [-0.2, -0.15) is 0 Å². The van der Waals surface area contributed by atoms with Crippen LogP contribution in [0.15, 0.2) is 60.7 Å². The Morgan fingerprint density at radius 2 is 1.32 bits per heavy atom. The molecule has 3 rings (SSSR count). The van der Waals surface area contributed by atoms with E-state index in [9.17, 15) is 9.59 Å². The van der Waals surface area contributed by atoms with E-state index < -0.39 is 0 Å². The molecule has 0 atom stereocenters. The van der Waals surface area contributed by atoms with Crippen LogP contribution in [0.25, 0.3) is 12.2 Å². The average Bonchev–Trinajstić information content (AvgIpc) is 2.78. The first-order valence-corrected chi connectivity index (χ1v) is 10.9. The van der Waals surface area contributed by atoms with Crippen LogP contribution in [0.4, 0.5) is 0 Å². The van der Waals surface area contributed by atoms with Crippen molar-refractivity contribution in [2.45, 2.75) is 0 Å². The van der Waals surface area contributed by atoms with E-state index in [1.807, 2.05) is 29.2 Å². The van der Waals surface area contributed by atoms with Crippen LogP contribution in [-0.4, -0.2) is 60.9 Å². The number of halogens is 2. The number of benzene rings is 2. The van der Waals surface area contributed by atoms with E-state index in [1.165, 1.54) is 6.08 Å². The third-order valence-corrected chi connectivity index (χ3v) is 5.50. The molecule has 2 aromatic carbocycles. The second-order valence-corrected chi connectivity index (χ2v) is 8.10. The lowest BCUT2D eigenvalue weighted by Crippen LogP contribution is -2.49. The topological polar surface area (TPSA) is 52.7 Å². The summed E-state index contributed by atoms with van der Waals surface area (Å²) in [5.74, 6) is -0.119. The maximum atomic E-state index is 12.4. The lowest BCUT2D eigenvalue weighted by atomic mass is 10.2. The minimum Gasteiger partial charge on any atom is -0.351 e. The first-order valence-electron chi connectivity index (χ1n) is 10.2. The van der Waals surface area contributed by atoms with Gasteiger partial charge in [0, 0.05) is 61.5 Å². The normalized spacial score (nSPS) is 15.0. The van der Waals surface area contributed by atoms with Gasteiger partial charge in [-0.1, -0.05) is 47.5 Å². The largest absolute Gasteiger partial charge is 0.351 e. The molecular formula is C24H25Cl2N3O2. The average molecular weight is 458 g/mol. The summed E-state index contributed by atoms with van der Waals surface area (Å²) in [6, 6.07) is 14.7. The summed E-state index contributed by atoms with van der Waals surface area (Å²) in [7, 11) is 0. The molecule has 2 amide bonds. The van der Waals surface area contributed by atoms with Gasteiger partial charge in [-0.15, -0.1) is 0 Å². The van der Waals surface area contributed by atoms with Gasteiger partial charge in [-0.3, -0.25) is 14.5 Å². The number of amides is 2. The molecule has 1 fully saturated rings. The number of hydrogen-bond acceptors (Lipinski definition) is 3. The molecule has 1 aliphatic heterocycles. The molecule has 5 nitrogen and oxygen atoms in total. The van der Waals surface area contributed by atoms with Crippen molar-refractivity contribution in [1.82, 2.24) is 15.1 Å². The van der Waals surface area contributed by atoms with Crippen LogP contribution in [0.1, 0.15) is 11.1 Å². The van der Waals surface area contributed by atoms with Gasteiger partial charge in [0.05, 0.1) is 0 Å². The van der Waals surface area contributed by atoms with Crippen molar-refractivity contribution in [2.24, 2.45) is 0 Å². The van der Waals surface area contributed by atoms with Crippen LogP contribution in [-0.2, 0) is 9.59 Å². The highest BCUT2D eigenvalue weighted by Gasteiger charge is 2.19. The van der Waals surface area contributed by atoms with Crippen LogP contribution in [0.3, 0.4) is 0 Å². The minimum atomic E-state index is -0.129. The SMILES string of the molecule is O=C(C=Cc1ccc(Cl)cc1)NCCN1CCN(C(=O)C=Cc2ccc(Cl)cc2)CC1. The third kappa shape index (κ3) is 7.87. The molecule has 7 heteroatoms. The highest BCUT2D eigenvalue weighted by molar-refractivity contribution is 6.30. The van der Waals surface area contributed by atoms with Crippen LogP contribution in [0.2, 0.25) is 10.0 Å². The van der Waals surface area contributed by atoms with Crippen molar-refractivity contribution in [3.8, 4) is 0 Å². The highest BCUT2D eigenvalue weighted by atomic mass is 35.5. The van der Waals surface area contributed by atoms with Crippen molar-refractivity contribution in [1.29, 1.82) is 0 Å². The predicted molar refractivity (Wildman–Crippen MR) is 127 cm³/mol. The van der Waals surface area contributed by atoms with E-state index in [2.05, 4.69) is 10.2 Å². The summed E-state index contributed by atoms with van der Waals surface area (Å²) >= 11 is 11.7. The molecule has 1 aliphatic rings. The zero-order valence-corrected chi connectivity index (χ0v) is 18.6. The van der Waals surface area contributed by atoms with E-state index in [1.54, 1.807) is 42.5 Å². The molecule has 162 valence electrons. The first kappa shape index (κ1) is 23.1. The van der Waals surface area contributed by atoms with Gasteiger partial charge in [0.15, 0.2) is 0 Å². The van der Waals surface area contributed by atoms with Crippen LogP contribution in [0, 0.1) is 0 Å². The van der Waals surface area contributed by atoms with Gasteiger partial charge >= 0.3 is 0 Å². The van der Waals surface area contributed by atoms with E-state index >= 15 is 0 Å². The number of carbonyl (C=O) groups is 2. The van der Waals surface area contributed by atoms with E-state index in [0.717, 1.165) is 30.8 Å². The molecule has 1 saturated heterocycles. The molecule has 0 bridgehead atoms. The summed E-state index contributed by atoms with van der Waals surface area (Å²) in [4.78, 5) is 28.4. The van der Waals surface area contributed by atoms with Crippen molar-refractivity contribution in [3.05, 3.63) is 81.9 Å². The van der Waals surface area contributed by atoms with Crippen molar-refractivity contribution in [3.63, 3.8) is 0 Å². The van der Waals surface area contributed by atoms with Crippen molar-refractivity contribution >= 4 is 47.2 Å². The zero-order valence-electron chi connectivity index (χ0n) is 17.1. The van der Waals surface area contributed by atoms with Crippen LogP contribution < -0.4 is 5.32 Å². The fraction of sp³-hybridized carbons (Fsp3) is 0.250. The molecule has 31 heavy (non-hydrogen) atoms. The van der Waals surface area contributed by atoms with E-state index in [0.29, 0.717) is 29.7 Å². The molecule has 0 radical (unpaired) electrons. The minimum absolute atomic E-state index is 0.00948. The standard InChI is InChI=1S/C24H25Cl2N3O2/c25-21-7-1-19(2-8-21)5-11-23(30)27-13-14-28-15-17-29(18-16-28)24(31)12-6-20-3-9-22(26)10-4-20/h1-12H,13-18H2,(H,27,30). The summed E-state index contributed by atoms with van der Waals surface area (Å²) in [6.45, 7) is 4.24. The Balaban J connectivity index is 1.34. The molecule has 0 saturated carbocycles. The molecule has 1 N–H and O–H groups in total. The Kier molecular flexibility index (Phi) is 8.71. The molecular weight excluding hydrogens is 433 g/mol. The Labute approximate surface area is 192 Å². The summed E-state index contributed by atoms with van der Waals surface area (Å²) in [5, 5.41) is 4.24. The maximum Gasteiger partial charge on any atom is 0.246 e. The van der Waals surface area contributed by atoms with Crippen LogP contribution >= 0.6 is 23.2 Å². The summed E-state index contributed by atoms with van der Waals surface area (Å²) < 4.78 is 0. The first-order chi connectivity index (χ1) is 15.0. The number of hydrogen-bond donors (Lipinski definition) is 1. The Morgan fingerprint density at radius 1 is 0.806 bits per heavy atom. The molecule has 0 unspecified atom stereocenters. The van der Waals surface area contributed by atoms with Gasteiger partial charge in [-0.25, -0.2) is 0 Å². The number of carbonyl (C=O) groups excluding carboxylic acids is 2. The number of piperazine rings is 1. The smallest absolute Gasteiger partial charge is 0.246 e. The summed E-state index contributed by atoms with van der Waals surface area (Å²) in [5.41, 5.74) is 1.86. The number of nitrogens with one attached hydrogen (secondary N) is 1. The van der Waals surface area contributed by atoms with Gasteiger partial charge in [0.2, 0.25) is 11.8 Å². The Hall–Kier alpha value is -2.60. The van der Waals surface area contributed by atoms with Gasteiger partial charge in [0.1, 0.15) is 0 Å². The number of rotatable bonds is 7. The molecule has 2 aromatic rings. The van der Waals surface area contributed by atoms with Crippen molar-refractivity contribution in [2.75, 3.05) is 39.3 Å². The second-order valence-electron chi connectivity index (χ2n) is 7.23. The lowest BCUT2D eigenvalue weighted by molar-refractivity contribution is -0.127. The highest BCUT2D eigenvalue weighted by Crippen LogP contribution is 2.12. The van der Waals surface area contributed by atoms with Crippen molar-refractivity contribution < 1.29 is 9.59 Å². The predicted octanol–water partition coefficient (Wildman–Crippen LogP) is 3.98. The Morgan fingerprint density at radius 3 is 1.87 bits per heavy atom. The molecule has 1 heterocycles. The van der Waals surface area contributed by atoms with Gasteiger partial charge in [-0.05, 0) is 47.5 Å². The molecule has 0 aromatic heterocycles. The Bertz CT molecular complexity index is 930. The van der Waals surface area contributed by atoms with E-state index in [-0.39, 0.29) is 11.8 Å². The fourth-order valence-electron chi connectivity index (χ4n) is 3.18. The zero-order chi connectivity index (χ0) is 22.1.